The molecule has 8 nitrogen and oxygen atoms in total. The van der Waals surface area contributed by atoms with E-state index in [2.05, 4.69) is 16.5 Å². The number of nitrogens with zero attached hydrogens (tertiary/aromatic N) is 3. The number of H-pyrrole nitrogens is 1. The average molecular weight is 444 g/mol. The number of aromatic amines is 1. The molecule has 0 radical (unpaired) electrons. The van der Waals surface area contributed by atoms with Crippen LogP contribution in [0.4, 0.5) is 0 Å². The summed E-state index contributed by atoms with van der Waals surface area (Å²) in [6, 6.07) is 14.9. The summed E-state index contributed by atoms with van der Waals surface area (Å²) in [4.78, 5) is 32.4. The fourth-order valence-corrected chi connectivity index (χ4v) is 4.16. The molecule has 3 aromatic heterocycles. The third-order valence-corrected chi connectivity index (χ3v) is 5.83. The Hall–Kier alpha value is -4.07. The van der Waals surface area contributed by atoms with Crippen LogP contribution >= 0.6 is 0 Å². The Kier molecular flexibility index (Phi) is 5.34. The van der Waals surface area contributed by atoms with Gasteiger partial charge in [0.1, 0.15) is 11.6 Å². The number of nitrogens with one attached hydrogen (secondary N) is 1. The smallest absolute Gasteiger partial charge is 0.337 e. The summed E-state index contributed by atoms with van der Waals surface area (Å²) in [5.74, 6) is 1.12. The summed E-state index contributed by atoms with van der Waals surface area (Å²) < 4.78 is 14.1. The molecular formula is C25H24N4O4. The minimum absolute atomic E-state index is 0.194. The van der Waals surface area contributed by atoms with Crippen molar-refractivity contribution in [2.24, 2.45) is 0 Å². The second kappa shape index (κ2) is 8.46. The summed E-state index contributed by atoms with van der Waals surface area (Å²) in [6.45, 7) is 3.30. The molecule has 2 aromatic carbocycles. The number of hydrogen-bond acceptors (Lipinski definition) is 5. The topological polar surface area (TPSA) is 95.0 Å². The van der Waals surface area contributed by atoms with Gasteiger partial charge in [0.05, 0.1) is 47.5 Å². The van der Waals surface area contributed by atoms with Crippen LogP contribution in [0.15, 0.2) is 64.0 Å². The number of carbonyl (C=O) groups is 1. The summed E-state index contributed by atoms with van der Waals surface area (Å²) >= 11 is 0. The van der Waals surface area contributed by atoms with Gasteiger partial charge in [-0.2, -0.15) is 0 Å². The maximum Gasteiger partial charge on any atom is 0.337 e. The zero-order chi connectivity index (χ0) is 22.9. The Morgan fingerprint density at radius 2 is 1.97 bits per heavy atom. The molecular weight excluding hydrogens is 420 g/mol. The predicted octanol–water partition coefficient (Wildman–Crippen LogP) is 4.57. The lowest BCUT2D eigenvalue weighted by Gasteiger charge is -2.09. The monoisotopic (exact) mass is 444 g/mol. The van der Waals surface area contributed by atoms with Crippen molar-refractivity contribution in [3.8, 4) is 11.4 Å². The summed E-state index contributed by atoms with van der Waals surface area (Å²) in [7, 11) is 1.37. The fraction of sp³-hybridized carbons (Fsp3) is 0.240. The molecule has 5 rings (SSSR count). The first kappa shape index (κ1) is 20.8. The summed E-state index contributed by atoms with van der Waals surface area (Å²) in [5.41, 5.74) is 4.37. The molecule has 0 aliphatic heterocycles. The molecule has 1 N–H and O–H groups in total. The number of rotatable bonds is 7. The SMILES string of the molecule is CCCCn1c(-c2ccc3c(c2)[nH]c(=O)n3Cc2ccco2)nc2cc(C(=O)OC)ccc21. The lowest BCUT2D eigenvalue weighted by molar-refractivity contribution is 0.0601. The fourth-order valence-electron chi connectivity index (χ4n) is 4.16. The molecule has 0 aliphatic carbocycles. The van der Waals surface area contributed by atoms with Crippen LogP contribution in [0.1, 0.15) is 35.9 Å². The van der Waals surface area contributed by atoms with Crippen LogP contribution in [0.25, 0.3) is 33.5 Å². The molecule has 33 heavy (non-hydrogen) atoms. The molecule has 0 aliphatic rings. The standard InChI is InChI=1S/C25H24N4O4/c1-3-4-11-28-21-10-8-17(24(30)32-2)14-19(21)26-23(28)16-7-9-22-20(13-16)27-25(31)29(22)15-18-6-5-12-33-18/h5-10,12-14H,3-4,11,15H2,1-2H3,(H,27,31). The average Bonchev–Trinajstić information content (AvgIpc) is 3.54. The van der Waals surface area contributed by atoms with Crippen molar-refractivity contribution < 1.29 is 13.9 Å². The molecule has 0 spiro atoms. The van der Waals surface area contributed by atoms with Gasteiger partial charge in [-0.25, -0.2) is 14.6 Å². The second-order valence-electron chi connectivity index (χ2n) is 7.96. The number of methoxy groups -OCH3 is 1. The number of imidazole rings is 2. The molecule has 5 aromatic rings. The van der Waals surface area contributed by atoms with Gasteiger partial charge in [-0.15, -0.1) is 0 Å². The normalized spacial score (nSPS) is 11.5. The van der Waals surface area contributed by atoms with Crippen LogP contribution in [0.2, 0.25) is 0 Å². The highest BCUT2D eigenvalue weighted by Crippen LogP contribution is 2.28. The van der Waals surface area contributed by atoms with Crippen LogP contribution < -0.4 is 5.69 Å². The molecule has 0 unspecified atom stereocenters. The van der Waals surface area contributed by atoms with E-state index in [1.54, 1.807) is 29.0 Å². The zero-order valence-corrected chi connectivity index (χ0v) is 18.5. The first-order chi connectivity index (χ1) is 16.1. The van der Waals surface area contributed by atoms with Crippen LogP contribution in [0, 0.1) is 0 Å². The van der Waals surface area contributed by atoms with E-state index in [-0.39, 0.29) is 5.69 Å². The maximum atomic E-state index is 12.6. The molecule has 0 saturated heterocycles. The zero-order valence-electron chi connectivity index (χ0n) is 18.5. The van der Waals surface area contributed by atoms with Gasteiger partial charge in [-0.1, -0.05) is 13.3 Å². The van der Waals surface area contributed by atoms with Gasteiger partial charge in [0, 0.05) is 12.1 Å². The third-order valence-electron chi connectivity index (χ3n) is 5.83. The lowest BCUT2D eigenvalue weighted by atomic mass is 10.1. The van der Waals surface area contributed by atoms with E-state index < -0.39 is 5.97 Å². The van der Waals surface area contributed by atoms with Crippen LogP contribution in [-0.4, -0.2) is 32.2 Å². The molecule has 0 atom stereocenters. The third kappa shape index (κ3) is 3.73. The summed E-state index contributed by atoms with van der Waals surface area (Å²) in [6.07, 6.45) is 3.64. The van der Waals surface area contributed by atoms with Crippen molar-refractivity contribution in [1.29, 1.82) is 0 Å². The maximum absolute atomic E-state index is 12.6. The minimum Gasteiger partial charge on any atom is -0.467 e. The Morgan fingerprint density at radius 1 is 1.12 bits per heavy atom. The van der Waals surface area contributed by atoms with Crippen LogP contribution in [0.5, 0.6) is 0 Å². The first-order valence-electron chi connectivity index (χ1n) is 10.9. The highest BCUT2D eigenvalue weighted by atomic mass is 16.5. The number of esters is 1. The molecule has 0 saturated carbocycles. The summed E-state index contributed by atoms with van der Waals surface area (Å²) in [5, 5.41) is 0. The van der Waals surface area contributed by atoms with Crippen molar-refractivity contribution in [3.63, 3.8) is 0 Å². The largest absolute Gasteiger partial charge is 0.467 e. The van der Waals surface area contributed by atoms with Crippen LogP contribution in [-0.2, 0) is 17.8 Å². The second-order valence-corrected chi connectivity index (χ2v) is 7.96. The highest BCUT2D eigenvalue weighted by molar-refractivity contribution is 5.94. The van der Waals surface area contributed by atoms with Gasteiger partial charge in [-0.05, 0) is 55.0 Å². The first-order valence-corrected chi connectivity index (χ1v) is 10.9. The number of benzene rings is 2. The Bertz CT molecular complexity index is 1510. The number of unbranched alkanes of at least 4 members (excludes halogenated alkanes) is 1. The van der Waals surface area contributed by atoms with Crippen molar-refractivity contribution >= 4 is 28.0 Å². The number of carbonyl (C=O) groups excluding carboxylic acids is 1. The number of aryl methyl sites for hydroxylation is 1. The number of furan rings is 1. The number of fused-ring (bicyclic) bond motifs is 2. The molecule has 8 heteroatoms. The molecule has 0 fully saturated rings. The van der Waals surface area contributed by atoms with E-state index in [4.69, 9.17) is 14.1 Å². The van der Waals surface area contributed by atoms with E-state index in [1.807, 2.05) is 30.3 Å². The van der Waals surface area contributed by atoms with E-state index >= 15 is 0 Å². The Balaban J connectivity index is 1.61. The van der Waals surface area contributed by atoms with E-state index in [0.29, 0.717) is 17.9 Å². The van der Waals surface area contributed by atoms with Gasteiger partial charge in [0.2, 0.25) is 0 Å². The van der Waals surface area contributed by atoms with Crippen molar-refractivity contribution in [2.45, 2.75) is 32.9 Å². The van der Waals surface area contributed by atoms with Crippen molar-refractivity contribution in [1.82, 2.24) is 19.1 Å². The van der Waals surface area contributed by atoms with E-state index in [9.17, 15) is 9.59 Å². The predicted molar refractivity (Wildman–Crippen MR) is 125 cm³/mol. The van der Waals surface area contributed by atoms with E-state index in [1.165, 1.54) is 7.11 Å². The van der Waals surface area contributed by atoms with Gasteiger partial charge >= 0.3 is 11.7 Å². The Labute approximate surface area is 189 Å². The molecule has 3 heterocycles. The van der Waals surface area contributed by atoms with E-state index in [0.717, 1.165) is 52.8 Å². The number of aromatic nitrogens is 4. The molecule has 0 bridgehead atoms. The van der Waals surface area contributed by atoms with Crippen molar-refractivity contribution in [3.05, 3.63) is 76.6 Å². The molecule has 168 valence electrons. The highest BCUT2D eigenvalue weighted by Gasteiger charge is 2.17. The van der Waals surface area contributed by atoms with Crippen LogP contribution in [0.3, 0.4) is 0 Å². The van der Waals surface area contributed by atoms with Gasteiger partial charge < -0.3 is 18.7 Å². The van der Waals surface area contributed by atoms with Gasteiger partial charge in [0.15, 0.2) is 0 Å². The van der Waals surface area contributed by atoms with Gasteiger partial charge in [0.25, 0.3) is 0 Å². The van der Waals surface area contributed by atoms with Crippen molar-refractivity contribution in [2.75, 3.05) is 7.11 Å². The number of hydrogen-bond donors (Lipinski definition) is 1. The minimum atomic E-state index is -0.390. The van der Waals surface area contributed by atoms with Gasteiger partial charge in [-0.3, -0.25) is 4.57 Å². The Morgan fingerprint density at radius 3 is 2.73 bits per heavy atom. The molecule has 0 amide bonds. The lowest BCUT2D eigenvalue weighted by Crippen LogP contribution is -2.16. The number of ether oxygens (including phenoxy) is 1. The quantitative estimate of drug-likeness (QED) is 0.371.